The molecular weight excluding hydrogens is 293 g/mol. The van der Waals surface area contributed by atoms with Gasteiger partial charge in [0.25, 0.3) is 10.0 Å². The van der Waals surface area contributed by atoms with Crippen molar-refractivity contribution in [3.8, 4) is 0 Å². The van der Waals surface area contributed by atoms with Crippen LogP contribution in [0, 0.1) is 5.82 Å². The Bertz CT molecular complexity index is 793. The third kappa shape index (κ3) is 2.44. The van der Waals surface area contributed by atoms with Gasteiger partial charge >= 0.3 is 0 Å². The topological polar surface area (TPSA) is 76.3 Å². The molecule has 0 spiro atoms. The van der Waals surface area contributed by atoms with Crippen molar-refractivity contribution < 1.29 is 12.8 Å². The van der Waals surface area contributed by atoms with Gasteiger partial charge in [0.2, 0.25) is 0 Å². The summed E-state index contributed by atoms with van der Waals surface area (Å²) in [5.74, 6) is -0.680. The Hall–Kier alpha value is -2.15. The van der Waals surface area contributed by atoms with Crippen molar-refractivity contribution in [1.29, 1.82) is 0 Å². The summed E-state index contributed by atoms with van der Waals surface area (Å²) in [5.41, 5.74) is 7.73. The third-order valence-electron chi connectivity index (χ3n) is 3.45. The van der Waals surface area contributed by atoms with Gasteiger partial charge in [-0.1, -0.05) is 6.07 Å². The lowest BCUT2D eigenvalue weighted by molar-refractivity contribution is 0.580. The Morgan fingerprint density at radius 3 is 2.81 bits per heavy atom. The maximum absolute atomic E-state index is 13.3. The van der Waals surface area contributed by atoms with E-state index in [1.165, 1.54) is 4.31 Å². The first-order valence-corrected chi connectivity index (χ1v) is 7.94. The summed E-state index contributed by atoms with van der Waals surface area (Å²) in [6, 6.07) is 6.19. The molecule has 7 heteroatoms. The number of hydrogen-bond donors (Lipinski definition) is 1. The minimum Gasteiger partial charge on any atom is -0.399 e. The first-order chi connectivity index (χ1) is 9.98. The van der Waals surface area contributed by atoms with Gasteiger partial charge in [0, 0.05) is 18.4 Å². The minimum absolute atomic E-state index is 0.155. The largest absolute Gasteiger partial charge is 0.399 e. The summed E-state index contributed by atoms with van der Waals surface area (Å²) in [4.78, 5) is 3.46. The van der Waals surface area contributed by atoms with E-state index in [-0.39, 0.29) is 4.90 Å². The van der Waals surface area contributed by atoms with E-state index in [1.54, 1.807) is 12.1 Å². The Balaban J connectivity index is 2.11. The van der Waals surface area contributed by atoms with E-state index in [0.717, 1.165) is 30.4 Å². The molecule has 0 radical (unpaired) electrons. The fraction of sp³-hybridized carbons (Fsp3) is 0.214. The van der Waals surface area contributed by atoms with Crippen molar-refractivity contribution in [2.45, 2.75) is 17.7 Å². The molecule has 0 amide bonds. The highest BCUT2D eigenvalue weighted by atomic mass is 32.2. The zero-order valence-corrected chi connectivity index (χ0v) is 12.0. The fourth-order valence-corrected chi connectivity index (χ4v) is 3.98. The molecule has 0 unspecified atom stereocenters. The standard InChI is InChI=1S/C14H14FN3O2S/c15-11-6-13(9-17-8-11)21(19,20)18-5-1-2-10-3-4-12(16)7-14(10)18/h3-4,6-9H,1-2,5,16H2. The van der Waals surface area contributed by atoms with Crippen molar-refractivity contribution in [2.75, 3.05) is 16.6 Å². The highest BCUT2D eigenvalue weighted by Gasteiger charge is 2.29. The van der Waals surface area contributed by atoms with Gasteiger partial charge in [-0.15, -0.1) is 0 Å². The molecular formula is C14H14FN3O2S. The van der Waals surface area contributed by atoms with Gasteiger partial charge in [-0.3, -0.25) is 9.29 Å². The van der Waals surface area contributed by atoms with Crippen molar-refractivity contribution in [3.05, 3.63) is 48.0 Å². The lowest BCUT2D eigenvalue weighted by atomic mass is 10.0. The molecule has 1 aliphatic heterocycles. The molecule has 2 aromatic rings. The van der Waals surface area contributed by atoms with Crippen LogP contribution in [0.3, 0.4) is 0 Å². The molecule has 0 saturated heterocycles. The van der Waals surface area contributed by atoms with Crippen LogP contribution in [0.25, 0.3) is 0 Å². The molecule has 1 aromatic carbocycles. The molecule has 110 valence electrons. The Morgan fingerprint density at radius 1 is 1.24 bits per heavy atom. The van der Waals surface area contributed by atoms with Crippen LogP contribution < -0.4 is 10.0 Å². The number of anilines is 2. The number of benzene rings is 1. The Labute approximate surface area is 122 Å². The Kier molecular flexibility index (Phi) is 3.29. The van der Waals surface area contributed by atoms with E-state index in [4.69, 9.17) is 5.73 Å². The average molecular weight is 307 g/mol. The van der Waals surface area contributed by atoms with E-state index in [1.807, 2.05) is 6.07 Å². The van der Waals surface area contributed by atoms with Crippen molar-refractivity contribution in [2.24, 2.45) is 0 Å². The molecule has 1 aromatic heterocycles. The lowest BCUT2D eigenvalue weighted by Crippen LogP contribution is -2.35. The average Bonchev–Trinajstić information content (AvgIpc) is 2.46. The van der Waals surface area contributed by atoms with Gasteiger partial charge < -0.3 is 5.73 Å². The quantitative estimate of drug-likeness (QED) is 0.860. The predicted octanol–water partition coefficient (Wildman–Crippen LogP) is 1.94. The van der Waals surface area contributed by atoms with Gasteiger partial charge in [-0.05, 0) is 36.6 Å². The van der Waals surface area contributed by atoms with Gasteiger partial charge in [0.1, 0.15) is 10.7 Å². The zero-order valence-electron chi connectivity index (χ0n) is 11.2. The van der Waals surface area contributed by atoms with E-state index in [9.17, 15) is 12.8 Å². The molecule has 0 bridgehead atoms. The van der Waals surface area contributed by atoms with Gasteiger partial charge in [-0.25, -0.2) is 12.8 Å². The number of fused-ring (bicyclic) bond motifs is 1. The molecule has 0 aliphatic carbocycles. The molecule has 0 atom stereocenters. The fourth-order valence-electron chi connectivity index (χ4n) is 2.47. The van der Waals surface area contributed by atoms with Crippen LogP contribution in [0.4, 0.5) is 15.8 Å². The van der Waals surface area contributed by atoms with Crippen LogP contribution in [0.5, 0.6) is 0 Å². The van der Waals surface area contributed by atoms with E-state index < -0.39 is 15.8 Å². The van der Waals surface area contributed by atoms with Gasteiger partial charge in [0.15, 0.2) is 0 Å². The predicted molar refractivity (Wildman–Crippen MR) is 77.9 cm³/mol. The van der Waals surface area contributed by atoms with E-state index in [2.05, 4.69) is 4.98 Å². The van der Waals surface area contributed by atoms with E-state index >= 15 is 0 Å². The number of rotatable bonds is 2. The van der Waals surface area contributed by atoms with Crippen LogP contribution in [0.15, 0.2) is 41.6 Å². The second-order valence-electron chi connectivity index (χ2n) is 4.91. The lowest BCUT2D eigenvalue weighted by Gasteiger charge is -2.30. The number of nitrogens with two attached hydrogens (primary N) is 1. The highest BCUT2D eigenvalue weighted by Crippen LogP contribution is 2.33. The highest BCUT2D eigenvalue weighted by molar-refractivity contribution is 7.92. The Morgan fingerprint density at radius 2 is 2.05 bits per heavy atom. The second-order valence-corrected chi connectivity index (χ2v) is 6.77. The summed E-state index contributed by atoms with van der Waals surface area (Å²) < 4.78 is 39.9. The number of nitrogen functional groups attached to an aromatic ring is 1. The third-order valence-corrected chi connectivity index (χ3v) is 5.23. The molecule has 3 rings (SSSR count). The number of aromatic nitrogens is 1. The van der Waals surface area contributed by atoms with Gasteiger partial charge in [-0.2, -0.15) is 0 Å². The summed E-state index contributed by atoms with van der Waals surface area (Å²) >= 11 is 0. The van der Waals surface area contributed by atoms with Crippen LogP contribution in [0.2, 0.25) is 0 Å². The molecule has 0 saturated carbocycles. The number of sulfonamides is 1. The maximum Gasteiger partial charge on any atom is 0.265 e. The molecule has 2 heterocycles. The molecule has 5 nitrogen and oxygen atoms in total. The van der Waals surface area contributed by atoms with Crippen molar-refractivity contribution >= 4 is 21.4 Å². The van der Waals surface area contributed by atoms with E-state index in [0.29, 0.717) is 24.3 Å². The maximum atomic E-state index is 13.3. The molecule has 1 aliphatic rings. The number of nitrogens with zero attached hydrogens (tertiary/aromatic N) is 2. The number of halogens is 1. The molecule has 2 N–H and O–H groups in total. The first kappa shape index (κ1) is 13.8. The van der Waals surface area contributed by atoms with Crippen LogP contribution in [-0.4, -0.2) is 19.9 Å². The number of aryl methyl sites for hydroxylation is 1. The van der Waals surface area contributed by atoms with Crippen LogP contribution in [0.1, 0.15) is 12.0 Å². The number of pyridine rings is 1. The van der Waals surface area contributed by atoms with Crippen LogP contribution in [-0.2, 0) is 16.4 Å². The summed E-state index contributed by atoms with van der Waals surface area (Å²) in [6.07, 6.45) is 3.63. The smallest absolute Gasteiger partial charge is 0.265 e. The van der Waals surface area contributed by atoms with Crippen LogP contribution >= 0.6 is 0 Å². The summed E-state index contributed by atoms with van der Waals surface area (Å²) in [7, 11) is -3.84. The summed E-state index contributed by atoms with van der Waals surface area (Å²) in [5, 5.41) is 0. The molecule has 0 fully saturated rings. The minimum atomic E-state index is -3.84. The second kappa shape index (κ2) is 5.00. The van der Waals surface area contributed by atoms with Gasteiger partial charge in [0.05, 0.1) is 11.9 Å². The monoisotopic (exact) mass is 307 g/mol. The summed E-state index contributed by atoms with van der Waals surface area (Å²) in [6.45, 7) is 0.343. The molecule has 21 heavy (non-hydrogen) atoms. The normalized spacial score (nSPS) is 14.8. The SMILES string of the molecule is Nc1ccc2c(c1)N(S(=O)(=O)c1cncc(F)c1)CCC2. The van der Waals surface area contributed by atoms with Crippen molar-refractivity contribution in [3.63, 3.8) is 0 Å². The zero-order chi connectivity index (χ0) is 15.0. The number of hydrogen-bond acceptors (Lipinski definition) is 4. The van der Waals surface area contributed by atoms with Crippen molar-refractivity contribution in [1.82, 2.24) is 4.98 Å². The first-order valence-electron chi connectivity index (χ1n) is 6.50.